The number of nitrogens with one attached hydrogen (secondary N) is 1. The molecule has 0 aliphatic heterocycles. The van der Waals surface area contributed by atoms with Crippen LogP contribution in [0, 0.1) is 5.82 Å². The molecular formula is C27H19FN4O3S. The van der Waals surface area contributed by atoms with Crippen LogP contribution in [0.2, 0.25) is 0 Å². The SMILES string of the molecule is O=C(NCc1nc2ccccc2s1)c1c2cccnc2c(O)c2c(O)n(Cc3ccc(F)cc3)cc12. The molecule has 0 saturated heterocycles. The van der Waals surface area contributed by atoms with Gasteiger partial charge in [0.25, 0.3) is 5.91 Å². The molecule has 0 bridgehead atoms. The van der Waals surface area contributed by atoms with Crippen LogP contribution >= 0.6 is 11.3 Å². The lowest BCUT2D eigenvalue weighted by Crippen LogP contribution is -2.23. The quantitative estimate of drug-likeness (QED) is 0.298. The molecule has 0 radical (unpaired) electrons. The van der Waals surface area contributed by atoms with Crippen LogP contribution in [0.25, 0.3) is 31.9 Å². The van der Waals surface area contributed by atoms with Crippen LogP contribution < -0.4 is 5.32 Å². The Morgan fingerprint density at radius 2 is 1.83 bits per heavy atom. The van der Waals surface area contributed by atoms with Crippen LogP contribution in [-0.4, -0.2) is 30.7 Å². The molecule has 9 heteroatoms. The Morgan fingerprint density at radius 1 is 1.03 bits per heavy atom. The molecule has 6 aromatic rings. The number of carbonyl (C=O) groups is 1. The second-order valence-corrected chi connectivity index (χ2v) is 9.49. The molecule has 0 saturated carbocycles. The highest BCUT2D eigenvalue weighted by Crippen LogP contribution is 2.42. The Labute approximate surface area is 208 Å². The van der Waals surface area contributed by atoms with E-state index in [1.165, 1.54) is 34.2 Å². The van der Waals surface area contributed by atoms with Gasteiger partial charge in [-0.25, -0.2) is 9.37 Å². The maximum atomic E-state index is 13.5. The standard InChI is InChI=1S/C27H19FN4O3S/c28-16-9-7-15(8-10-16)13-32-14-18-22(17-4-3-11-29-24(17)25(33)23(18)27(32)35)26(34)30-12-21-31-19-5-1-2-6-20(19)36-21/h1-11,14,33,35H,12-13H2,(H,30,34). The first-order valence-electron chi connectivity index (χ1n) is 11.2. The number of aromatic nitrogens is 3. The number of benzene rings is 3. The predicted octanol–water partition coefficient (Wildman–Crippen LogP) is 5.33. The van der Waals surface area contributed by atoms with Crippen molar-refractivity contribution in [3.05, 3.63) is 95.0 Å². The van der Waals surface area contributed by atoms with Crippen molar-refractivity contribution in [1.82, 2.24) is 19.9 Å². The molecular weight excluding hydrogens is 479 g/mol. The average Bonchev–Trinajstić information content (AvgIpc) is 3.45. The van der Waals surface area contributed by atoms with Gasteiger partial charge in [0.05, 0.1) is 34.3 Å². The van der Waals surface area contributed by atoms with Crippen LogP contribution in [0.5, 0.6) is 11.6 Å². The molecule has 36 heavy (non-hydrogen) atoms. The van der Waals surface area contributed by atoms with Crippen molar-refractivity contribution < 1.29 is 19.4 Å². The van der Waals surface area contributed by atoms with Crippen LogP contribution in [-0.2, 0) is 13.1 Å². The number of phenols is 1. The minimum absolute atomic E-state index is 0.133. The molecule has 3 aromatic heterocycles. The van der Waals surface area contributed by atoms with Crippen LogP contribution in [0.1, 0.15) is 20.9 Å². The maximum absolute atomic E-state index is 13.5. The first kappa shape index (κ1) is 22.0. The zero-order valence-electron chi connectivity index (χ0n) is 18.8. The van der Waals surface area contributed by atoms with Gasteiger partial charge in [-0.1, -0.05) is 30.3 Å². The van der Waals surface area contributed by atoms with Crippen LogP contribution in [0.15, 0.2) is 73.1 Å². The van der Waals surface area contributed by atoms with E-state index in [-0.39, 0.29) is 47.3 Å². The molecule has 0 aliphatic carbocycles. The molecule has 1 amide bonds. The van der Waals surface area contributed by atoms with Crippen molar-refractivity contribution in [3.8, 4) is 11.6 Å². The number of aromatic hydroxyl groups is 2. The number of fused-ring (bicyclic) bond motifs is 3. The zero-order valence-corrected chi connectivity index (χ0v) is 19.6. The lowest BCUT2D eigenvalue weighted by atomic mass is 10.0. The fourth-order valence-corrected chi connectivity index (χ4v) is 5.33. The smallest absolute Gasteiger partial charge is 0.253 e. The van der Waals surface area contributed by atoms with Crippen molar-refractivity contribution in [1.29, 1.82) is 0 Å². The van der Waals surface area contributed by atoms with E-state index in [4.69, 9.17) is 0 Å². The van der Waals surface area contributed by atoms with Crippen molar-refractivity contribution in [2.75, 3.05) is 0 Å². The fraction of sp³-hybridized carbons (Fsp3) is 0.0741. The third-order valence-electron chi connectivity index (χ3n) is 6.09. The van der Waals surface area contributed by atoms with E-state index in [9.17, 15) is 19.4 Å². The lowest BCUT2D eigenvalue weighted by Gasteiger charge is -2.10. The molecule has 6 rings (SSSR count). The van der Waals surface area contributed by atoms with Gasteiger partial charge in [-0.2, -0.15) is 0 Å². The second-order valence-electron chi connectivity index (χ2n) is 8.38. The number of phenolic OH excluding ortho intramolecular Hbond substituents is 1. The van der Waals surface area contributed by atoms with E-state index in [0.29, 0.717) is 16.3 Å². The third kappa shape index (κ3) is 3.70. The number of halogens is 1. The highest BCUT2D eigenvalue weighted by molar-refractivity contribution is 7.18. The Bertz CT molecular complexity index is 1740. The predicted molar refractivity (Wildman–Crippen MR) is 137 cm³/mol. The molecule has 3 heterocycles. The highest BCUT2D eigenvalue weighted by atomic mass is 32.1. The number of rotatable bonds is 5. The summed E-state index contributed by atoms with van der Waals surface area (Å²) >= 11 is 1.50. The van der Waals surface area contributed by atoms with Gasteiger partial charge >= 0.3 is 0 Å². The summed E-state index contributed by atoms with van der Waals surface area (Å²) < 4.78 is 15.9. The monoisotopic (exact) mass is 498 g/mol. The van der Waals surface area contributed by atoms with Crippen LogP contribution in [0.3, 0.4) is 0 Å². The minimum atomic E-state index is -0.379. The van der Waals surface area contributed by atoms with Gasteiger partial charge in [-0.15, -0.1) is 11.3 Å². The summed E-state index contributed by atoms with van der Waals surface area (Å²) in [7, 11) is 0. The number of carbonyl (C=O) groups excluding carboxylic acids is 1. The number of pyridine rings is 1. The number of hydrogen-bond acceptors (Lipinski definition) is 6. The zero-order chi connectivity index (χ0) is 24.8. The second kappa shape index (κ2) is 8.62. The molecule has 3 N–H and O–H groups in total. The van der Waals surface area contributed by atoms with Gasteiger partial charge in [0, 0.05) is 23.2 Å². The lowest BCUT2D eigenvalue weighted by molar-refractivity contribution is 0.0954. The maximum Gasteiger partial charge on any atom is 0.253 e. The van der Waals surface area contributed by atoms with E-state index in [1.807, 2.05) is 24.3 Å². The summed E-state index contributed by atoms with van der Waals surface area (Å²) in [4.78, 5) is 22.3. The number of nitrogens with zero attached hydrogens (tertiary/aromatic N) is 3. The van der Waals surface area contributed by atoms with Gasteiger partial charge in [-0.3, -0.25) is 9.78 Å². The van der Waals surface area contributed by atoms with E-state index >= 15 is 0 Å². The van der Waals surface area contributed by atoms with Gasteiger partial charge in [0.15, 0.2) is 5.75 Å². The molecule has 178 valence electrons. The Balaban J connectivity index is 1.43. The third-order valence-corrected chi connectivity index (χ3v) is 7.13. The first-order valence-corrected chi connectivity index (χ1v) is 12.0. The average molecular weight is 499 g/mol. The minimum Gasteiger partial charge on any atom is -0.505 e. The van der Waals surface area contributed by atoms with Gasteiger partial charge in [0.2, 0.25) is 5.88 Å². The van der Waals surface area contributed by atoms with Crippen molar-refractivity contribution in [3.63, 3.8) is 0 Å². The summed E-state index contributed by atoms with van der Waals surface area (Å²) in [5.41, 5.74) is 2.12. The van der Waals surface area contributed by atoms with E-state index in [1.54, 1.807) is 30.5 Å². The Morgan fingerprint density at radius 3 is 2.64 bits per heavy atom. The molecule has 0 fully saturated rings. The molecule has 0 unspecified atom stereocenters. The van der Waals surface area contributed by atoms with Crippen molar-refractivity contribution in [2.45, 2.75) is 13.1 Å². The Hall–Kier alpha value is -4.50. The number of amides is 1. The van der Waals surface area contributed by atoms with E-state index in [0.717, 1.165) is 20.8 Å². The molecule has 0 aliphatic rings. The summed E-state index contributed by atoms with van der Waals surface area (Å²) in [6.07, 6.45) is 3.13. The van der Waals surface area contributed by atoms with Crippen LogP contribution in [0.4, 0.5) is 4.39 Å². The summed E-state index contributed by atoms with van der Waals surface area (Å²) in [5, 5.41) is 26.6. The van der Waals surface area contributed by atoms with Gasteiger partial charge < -0.3 is 20.1 Å². The molecule has 0 atom stereocenters. The first-order chi connectivity index (χ1) is 17.5. The van der Waals surface area contributed by atoms with Crippen molar-refractivity contribution in [2.24, 2.45) is 0 Å². The van der Waals surface area contributed by atoms with E-state index < -0.39 is 0 Å². The van der Waals surface area contributed by atoms with Gasteiger partial charge in [-0.05, 0) is 35.9 Å². The summed E-state index contributed by atoms with van der Waals surface area (Å²) in [6.45, 7) is 0.446. The molecule has 3 aromatic carbocycles. The Kier molecular flexibility index (Phi) is 5.26. The normalized spacial score (nSPS) is 11.5. The van der Waals surface area contributed by atoms with E-state index in [2.05, 4.69) is 15.3 Å². The largest absolute Gasteiger partial charge is 0.505 e. The van der Waals surface area contributed by atoms with Gasteiger partial charge in [0.1, 0.15) is 16.3 Å². The number of hydrogen-bond donors (Lipinski definition) is 3. The summed E-state index contributed by atoms with van der Waals surface area (Å²) in [6, 6.07) is 17.1. The molecule has 7 nitrogen and oxygen atoms in total. The number of thiazole rings is 1. The van der Waals surface area contributed by atoms with Crippen molar-refractivity contribution >= 4 is 49.1 Å². The summed E-state index contributed by atoms with van der Waals surface area (Å²) in [5.74, 6) is -1.16. The number of para-hydroxylation sites is 1. The topological polar surface area (TPSA) is 100 Å². The fourth-order valence-electron chi connectivity index (χ4n) is 4.42. The highest BCUT2D eigenvalue weighted by Gasteiger charge is 2.24. The molecule has 0 spiro atoms.